The molecule has 0 atom stereocenters. The van der Waals surface area contributed by atoms with Crippen molar-refractivity contribution in [2.75, 3.05) is 0 Å². The van der Waals surface area contributed by atoms with Gasteiger partial charge in [-0.1, -0.05) is 42.5 Å². The second-order valence-electron chi connectivity index (χ2n) is 4.85. The van der Waals surface area contributed by atoms with Crippen LogP contribution in [0.3, 0.4) is 0 Å². The quantitative estimate of drug-likeness (QED) is 0.374. The van der Waals surface area contributed by atoms with Crippen molar-refractivity contribution in [1.29, 1.82) is 0 Å². The van der Waals surface area contributed by atoms with Crippen molar-refractivity contribution in [2.45, 2.75) is 6.92 Å². The fraction of sp³-hybridized carbons (Fsp3) is 0.0588. The predicted molar refractivity (Wildman–Crippen MR) is 74.8 cm³/mol. The lowest BCUT2D eigenvalue weighted by Crippen LogP contribution is -1.87. The van der Waals surface area contributed by atoms with Gasteiger partial charge in [-0.2, -0.15) is 0 Å². The van der Waals surface area contributed by atoms with Crippen LogP contribution in [0, 0.1) is 12.7 Å². The molecule has 0 nitrogen and oxygen atoms in total. The van der Waals surface area contributed by atoms with Crippen molar-refractivity contribution in [3.8, 4) is 0 Å². The number of rotatable bonds is 0. The van der Waals surface area contributed by atoms with Crippen LogP contribution in [0.4, 0.5) is 4.39 Å². The molecule has 4 aromatic rings. The summed E-state index contributed by atoms with van der Waals surface area (Å²) in [4.78, 5) is 0. The lowest BCUT2D eigenvalue weighted by Gasteiger charge is -2.12. The highest BCUT2D eigenvalue weighted by atomic mass is 19.1. The minimum Gasteiger partial charge on any atom is -0.206 e. The van der Waals surface area contributed by atoms with Crippen molar-refractivity contribution in [1.82, 2.24) is 0 Å². The first kappa shape index (κ1) is 9.84. The molecule has 0 aliphatic heterocycles. The molecule has 0 N–H and O–H groups in total. The first-order valence-electron chi connectivity index (χ1n) is 6.08. The fourth-order valence-corrected chi connectivity index (χ4v) is 2.91. The topological polar surface area (TPSA) is 0 Å². The normalized spacial score (nSPS) is 11.9. The van der Waals surface area contributed by atoms with Gasteiger partial charge in [0, 0.05) is 10.8 Å². The molecule has 0 saturated carbocycles. The van der Waals surface area contributed by atoms with Gasteiger partial charge in [-0.25, -0.2) is 4.39 Å². The van der Waals surface area contributed by atoms with E-state index in [2.05, 4.69) is 31.2 Å². The molecule has 0 saturated heterocycles. The van der Waals surface area contributed by atoms with Gasteiger partial charge in [0.2, 0.25) is 0 Å². The van der Waals surface area contributed by atoms with Gasteiger partial charge in [0.25, 0.3) is 0 Å². The van der Waals surface area contributed by atoms with Gasteiger partial charge in [-0.15, -0.1) is 0 Å². The highest BCUT2D eigenvalue weighted by molar-refractivity contribution is 6.23. The summed E-state index contributed by atoms with van der Waals surface area (Å²) in [6, 6.07) is 15.8. The summed E-state index contributed by atoms with van der Waals surface area (Å²) in [5, 5.41) is 6.46. The summed E-state index contributed by atoms with van der Waals surface area (Å²) < 4.78 is 13.9. The van der Waals surface area contributed by atoms with Crippen LogP contribution in [0.15, 0.2) is 48.5 Å². The van der Waals surface area contributed by atoms with Crippen LogP contribution in [-0.2, 0) is 0 Å². The molecule has 0 spiro atoms. The Labute approximate surface area is 104 Å². The van der Waals surface area contributed by atoms with Gasteiger partial charge in [0.05, 0.1) is 0 Å². The first-order valence-corrected chi connectivity index (χ1v) is 6.08. The molecule has 0 fully saturated rings. The van der Waals surface area contributed by atoms with Crippen LogP contribution in [0.25, 0.3) is 32.3 Å². The minimum atomic E-state index is -0.140. The number of hydrogen-bond acceptors (Lipinski definition) is 0. The van der Waals surface area contributed by atoms with Crippen LogP contribution in [0.5, 0.6) is 0 Å². The summed E-state index contributed by atoms with van der Waals surface area (Å²) in [6.45, 7) is 2.10. The van der Waals surface area contributed by atoms with E-state index in [1.54, 1.807) is 6.07 Å². The van der Waals surface area contributed by atoms with Gasteiger partial charge in [0.1, 0.15) is 5.82 Å². The highest BCUT2D eigenvalue weighted by Crippen LogP contribution is 2.36. The summed E-state index contributed by atoms with van der Waals surface area (Å²) in [5.74, 6) is -0.140. The first-order chi connectivity index (χ1) is 8.75. The molecule has 18 heavy (non-hydrogen) atoms. The number of aryl methyl sites for hydroxylation is 1. The average Bonchev–Trinajstić information content (AvgIpc) is 2.40. The van der Waals surface area contributed by atoms with Crippen molar-refractivity contribution in [3.05, 3.63) is 59.9 Å². The standard InChI is InChI=1S/C17H11F/c1-10-2-3-11-5-8-14-15(18)9-6-12-4-7-13(10)16(11)17(12)14/h2-9H,1H3. The zero-order valence-electron chi connectivity index (χ0n) is 10.00. The molecule has 4 aromatic carbocycles. The molecule has 0 heterocycles. The van der Waals surface area contributed by atoms with Gasteiger partial charge in [0.15, 0.2) is 0 Å². The van der Waals surface area contributed by atoms with E-state index >= 15 is 0 Å². The summed E-state index contributed by atoms with van der Waals surface area (Å²) in [5.41, 5.74) is 1.24. The molecular formula is C17H11F. The van der Waals surface area contributed by atoms with Crippen molar-refractivity contribution < 1.29 is 4.39 Å². The van der Waals surface area contributed by atoms with E-state index in [4.69, 9.17) is 0 Å². The second kappa shape index (κ2) is 3.20. The lowest BCUT2D eigenvalue weighted by atomic mass is 9.92. The number of hydrogen-bond donors (Lipinski definition) is 0. The average molecular weight is 234 g/mol. The Balaban J connectivity index is 2.47. The maximum absolute atomic E-state index is 13.9. The Morgan fingerprint density at radius 1 is 0.667 bits per heavy atom. The van der Waals surface area contributed by atoms with E-state index in [9.17, 15) is 4.39 Å². The molecule has 0 bridgehead atoms. The molecule has 86 valence electrons. The SMILES string of the molecule is Cc1ccc2ccc3c(F)ccc4ccc1c2c43. The van der Waals surface area contributed by atoms with Crippen molar-refractivity contribution >= 4 is 32.3 Å². The largest absolute Gasteiger partial charge is 0.206 e. The van der Waals surface area contributed by atoms with E-state index in [1.165, 1.54) is 21.7 Å². The van der Waals surface area contributed by atoms with E-state index < -0.39 is 0 Å². The van der Waals surface area contributed by atoms with Crippen LogP contribution < -0.4 is 0 Å². The Morgan fingerprint density at radius 3 is 2.00 bits per heavy atom. The van der Waals surface area contributed by atoms with Gasteiger partial charge in [-0.3, -0.25) is 0 Å². The third-order valence-electron chi connectivity index (χ3n) is 3.83. The molecular weight excluding hydrogens is 223 g/mol. The minimum absolute atomic E-state index is 0.140. The lowest BCUT2D eigenvalue weighted by molar-refractivity contribution is 0.640. The summed E-state index contributed by atoms with van der Waals surface area (Å²) >= 11 is 0. The van der Waals surface area contributed by atoms with Crippen LogP contribution in [0.2, 0.25) is 0 Å². The Bertz CT molecular complexity index is 814. The predicted octanol–water partition coefficient (Wildman–Crippen LogP) is 5.03. The molecule has 0 aliphatic rings. The molecule has 0 aromatic heterocycles. The third kappa shape index (κ3) is 1.09. The van der Waals surface area contributed by atoms with Crippen molar-refractivity contribution in [2.24, 2.45) is 0 Å². The Morgan fingerprint density at radius 2 is 1.22 bits per heavy atom. The van der Waals surface area contributed by atoms with Crippen LogP contribution in [0.1, 0.15) is 5.56 Å². The Hall–Kier alpha value is -2.15. The number of halogens is 1. The summed E-state index contributed by atoms with van der Waals surface area (Å²) in [7, 11) is 0. The van der Waals surface area contributed by atoms with E-state index in [0.29, 0.717) is 0 Å². The van der Waals surface area contributed by atoms with Gasteiger partial charge < -0.3 is 0 Å². The van der Waals surface area contributed by atoms with E-state index in [1.807, 2.05) is 18.2 Å². The molecule has 1 heteroatoms. The molecule has 0 radical (unpaired) electrons. The maximum Gasteiger partial charge on any atom is 0.131 e. The molecule has 4 rings (SSSR count). The zero-order chi connectivity index (χ0) is 12.3. The molecule has 0 amide bonds. The Kier molecular flexibility index (Phi) is 1.75. The van der Waals surface area contributed by atoms with Crippen molar-refractivity contribution in [3.63, 3.8) is 0 Å². The van der Waals surface area contributed by atoms with Gasteiger partial charge in [-0.05, 0) is 40.1 Å². The monoisotopic (exact) mass is 234 g/mol. The highest BCUT2D eigenvalue weighted by Gasteiger charge is 2.11. The zero-order valence-corrected chi connectivity index (χ0v) is 10.00. The smallest absolute Gasteiger partial charge is 0.131 e. The third-order valence-corrected chi connectivity index (χ3v) is 3.83. The van der Waals surface area contributed by atoms with E-state index in [0.717, 1.165) is 16.2 Å². The van der Waals surface area contributed by atoms with Gasteiger partial charge >= 0.3 is 0 Å². The van der Waals surface area contributed by atoms with Crippen LogP contribution in [-0.4, -0.2) is 0 Å². The van der Waals surface area contributed by atoms with E-state index in [-0.39, 0.29) is 5.82 Å². The maximum atomic E-state index is 13.9. The second-order valence-corrected chi connectivity index (χ2v) is 4.85. The summed E-state index contributed by atoms with van der Waals surface area (Å²) in [6.07, 6.45) is 0. The molecule has 0 unspecified atom stereocenters. The number of benzene rings is 4. The fourth-order valence-electron chi connectivity index (χ4n) is 2.91. The molecule has 0 aliphatic carbocycles. The van der Waals surface area contributed by atoms with Crippen LogP contribution >= 0.6 is 0 Å².